The molecule has 0 unspecified atom stereocenters. The number of esters is 1. The van der Waals surface area contributed by atoms with Crippen LogP contribution in [0.3, 0.4) is 0 Å². The zero-order valence-electron chi connectivity index (χ0n) is 30.3. The summed E-state index contributed by atoms with van der Waals surface area (Å²) < 4.78 is 36.2. The van der Waals surface area contributed by atoms with E-state index in [-0.39, 0.29) is 54.6 Å². The summed E-state index contributed by atoms with van der Waals surface area (Å²) in [6.07, 6.45) is 4.87. The van der Waals surface area contributed by atoms with Crippen LogP contribution in [-0.2, 0) is 25.5 Å². The van der Waals surface area contributed by atoms with Crippen LogP contribution in [0, 0.1) is 5.82 Å². The van der Waals surface area contributed by atoms with Crippen LogP contribution in [0.25, 0.3) is 5.57 Å². The van der Waals surface area contributed by atoms with Gasteiger partial charge in [0.15, 0.2) is 0 Å². The monoisotopic (exact) mass is 791 g/mol. The number of carbonyl (C=O) groups excluding carboxylic acids is 3. The number of hydrogen-bond acceptors (Lipinski definition) is 8. The molecular weight excluding hydrogens is 745 g/mol. The fraction of sp³-hybridized carbons (Fsp3) is 0.439. The molecule has 53 heavy (non-hydrogen) atoms. The van der Waals surface area contributed by atoms with Gasteiger partial charge in [-0.05, 0) is 108 Å². The summed E-state index contributed by atoms with van der Waals surface area (Å²) in [6.45, 7) is 2.13. The third kappa shape index (κ3) is 10.2. The van der Waals surface area contributed by atoms with Crippen molar-refractivity contribution in [2.75, 3.05) is 47.1 Å². The van der Waals surface area contributed by atoms with Gasteiger partial charge in [0.05, 0.1) is 37.9 Å². The Kier molecular flexibility index (Phi) is 13.1. The fourth-order valence-corrected chi connectivity index (χ4v) is 7.42. The van der Waals surface area contributed by atoms with Gasteiger partial charge in [-0.3, -0.25) is 14.4 Å². The van der Waals surface area contributed by atoms with Crippen molar-refractivity contribution < 1.29 is 37.7 Å². The smallest absolute Gasteiger partial charge is 0.305 e. The summed E-state index contributed by atoms with van der Waals surface area (Å²) >= 11 is 3.41. The number of methoxy groups -OCH3 is 2. The number of amides is 2. The molecule has 2 amide bonds. The van der Waals surface area contributed by atoms with E-state index >= 15 is 0 Å². The van der Waals surface area contributed by atoms with E-state index in [1.54, 1.807) is 13.2 Å². The number of rotatable bonds is 17. The number of fused-ring (bicyclic) bond motifs is 2. The quantitative estimate of drug-likeness (QED) is 0.125. The summed E-state index contributed by atoms with van der Waals surface area (Å²) in [5, 5.41) is 3.67. The van der Waals surface area contributed by atoms with Crippen molar-refractivity contribution in [3.63, 3.8) is 0 Å². The second kappa shape index (κ2) is 18.1. The van der Waals surface area contributed by atoms with Gasteiger partial charge in [0.2, 0.25) is 5.91 Å². The molecular formula is C41H47BrFN3O7. The highest BCUT2D eigenvalue weighted by molar-refractivity contribution is 9.10. The fourth-order valence-electron chi connectivity index (χ4n) is 7.06. The molecule has 10 nitrogen and oxygen atoms in total. The Balaban J connectivity index is 1.18. The molecule has 3 aromatic carbocycles. The van der Waals surface area contributed by atoms with Gasteiger partial charge in [0.25, 0.3) is 5.91 Å². The van der Waals surface area contributed by atoms with Gasteiger partial charge in [0.1, 0.15) is 29.7 Å². The first-order valence-electron chi connectivity index (χ1n) is 18.3. The number of aryl methyl sites for hydroxylation is 1. The van der Waals surface area contributed by atoms with Crippen LogP contribution < -0.4 is 19.5 Å². The minimum atomic E-state index is -0.343. The number of ether oxygens (including phenoxy) is 4. The van der Waals surface area contributed by atoms with E-state index < -0.39 is 0 Å². The number of piperazine rings is 1. The van der Waals surface area contributed by atoms with Crippen molar-refractivity contribution in [2.45, 2.75) is 69.5 Å². The van der Waals surface area contributed by atoms with E-state index in [1.165, 1.54) is 19.2 Å². The molecule has 0 radical (unpaired) electrons. The maximum Gasteiger partial charge on any atom is 0.305 e. The predicted molar refractivity (Wildman–Crippen MR) is 202 cm³/mol. The molecule has 2 atom stereocenters. The Morgan fingerprint density at radius 3 is 2.38 bits per heavy atom. The SMILES string of the molecule is COC(=O)CCCC(=O)N1C[C@H]2CC(c3ccc(CCCOc4cc(F)ccc4Br)cc3)=C(C(=O)N(CCOc3ccc(OC)cc3)C3CC3)[C@@H](C1)N2. The molecule has 3 aromatic rings. The molecule has 2 heterocycles. The molecule has 1 aliphatic carbocycles. The Bertz CT molecular complexity index is 1780. The van der Waals surface area contributed by atoms with Gasteiger partial charge in [-0.2, -0.15) is 0 Å². The van der Waals surface area contributed by atoms with Crippen LogP contribution in [0.1, 0.15) is 56.1 Å². The molecule has 1 saturated carbocycles. The number of hydrogen-bond donors (Lipinski definition) is 1. The van der Waals surface area contributed by atoms with Crippen molar-refractivity contribution >= 4 is 39.3 Å². The van der Waals surface area contributed by atoms with E-state index in [9.17, 15) is 18.8 Å². The third-order valence-corrected chi connectivity index (χ3v) is 10.6. The average Bonchev–Trinajstić information content (AvgIpc) is 4.02. The maximum absolute atomic E-state index is 14.7. The second-order valence-corrected chi connectivity index (χ2v) is 14.6. The minimum Gasteiger partial charge on any atom is -0.497 e. The van der Waals surface area contributed by atoms with E-state index in [2.05, 4.69) is 45.5 Å². The van der Waals surface area contributed by atoms with E-state index in [1.807, 2.05) is 34.1 Å². The lowest BCUT2D eigenvalue weighted by molar-refractivity contribution is -0.141. The van der Waals surface area contributed by atoms with Gasteiger partial charge >= 0.3 is 5.97 Å². The second-order valence-electron chi connectivity index (χ2n) is 13.7. The third-order valence-electron chi connectivity index (χ3n) is 9.96. The van der Waals surface area contributed by atoms with Gasteiger partial charge in [-0.1, -0.05) is 24.3 Å². The molecule has 2 aliphatic heterocycles. The maximum atomic E-state index is 14.7. The summed E-state index contributed by atoms with van der Waals surface area (Å²) in [4.78, 5) is 43.5. The van der Waals surface area contributed by atoms with Crippen LogP contribution in [0.5, 0.6) is 17.2 Å². The van der Waals surface area contributed by atoms with E-state index in [0.29, 0.717) is 67.2 Å². The summed E-state index contributed by atoms with van der Waals surface area (Å²) in [6, 6.07) is 20.0. The van der Waals surface area contributed by atoms with Crippen molar-refractivity contribution in [1.82, 2.24) is 15.1 Å². The first-order chi connectivity index (χ1) is 25.7. The lowest BCUT2D eigenvalue weighted by Gasteiger charge is -2.45. The largest absolute Gasteiger partial charge is 0.497 e. The van der Waals surface area contributed by atoms with E-state index in [4.69, 9.17) is 18.9 Å². The lowest BCUT2D eigenvalue weighted by atomic mass is 9.82. The zero-order valence-corrected chi connectivity index (χ0v) is 31.9. The lowest BCUT2D eigenvalue weighted by Crippen LogP contribution is -2.62. The molecule has 1 saturated heterocycles. The molecule has 282 valence electrons. The van der Waals surface area contributed by atoms with Crippen molar-refractivity contribution in [1.29, 1.82) is 0 Å². The van der Waals surface area contributed by atoms with Crippen LogP contribution in [0.2, 0.25) is 0 Å². The molecule has 2 fully saturated rings. The summed E-state index contributed by atoms with van der Waals surface area (Å²) in [7, 11) is 2.97. The normalized spacial score (nSPS) is 18.0. The molecule has 1 N–H and O–H groups in total. The standard InChI is InChI=1S/C41H47BrFN3O7/c1-50-32-15-17-33(18-16-32)52-22-20-46(31-13-14-31)41(49)40-34(24-30-25-45(26-36(40)44-30)38(47)6-3-7-39(48)51-2)28-10-8-27(9-11-28)5-4-21-53-37-23-29(43)12-19-35(37)42/h8-12,15-19,23,30-31,36,44H,3-7,13-14,20-22,24-26H2,1-2H3/t30-,36-/m1/s1. The van der Waals surface area contributed by atoms with Gasteiger partial charge in [-0.25, -0.2) is 4.39 Å². The molecule has 0 aromatic heterocycles. The highest BCUT2D eigenvalue weighted by atomic mass is 79.9. The van der Waals surface area contributed by atoms with Crippen molar-refractivity contribution in [2.24, 2.45) is 0 Å². The Morgan fingerprint density at radius 1 is 0.906 bits per heavy atom. The molecule has 2 bridgehead atoms. The number of nitrogens with zero attached hydrogens (tertiary/aromatic N) is 2. The number of halogens is 2. The summed E-state index contributed by atoms with van der Waals surface area (Å²) in [5.74, 6) is 1.21. The highest BCUT2D eigenvalue weighted by Crippen LogP contribution is 2.37. The first kappa shape index (κ1) is 38.3. The number of benzene rings is 3. The van der Waals surface area contributed by atoms with Crippen LogP contribution >= 0.6 is 15.9 Å². The number of nitrogens with one attached hydrogen (secondary N) is 1. The van der Waals surface area contributed by atoms with Crippen molar-refractivity contribution in [3.05, 3.63) is 93.7 Å². The average molecular weight is 793 g/mol. The van der Waals surface area contributed by atoms with Gasteiger partial charge < -0.3 is 34.1 Å². The molecule has 0 spiro atoms. The van der Waals surface area contributed by atoms with Crippen LogP contribution in [0.15, 0.2) is 76.8 Å². The Morgan fingerprint density at radius 2 is 1.66 bits per heavy atom. The predicted octanol–water partition coefficient (Wildman–Crippen LogP) is 6.35. The summed E-state index contributed by atoms with van der Waals surface area (Å²) in [5.41, 5.74) is 3.84. The van der Waals surface area contributed by atoms with Crippen molar-refractivity contribution in [3.8, 4) is 17.2 Å². The molecule has 3 aliphatic rings. The zero-order chi connectivity index (χ0) is 37.3. The Labute approximate surface area is 318 Å². The highest BCUT2D eigenvalue weighted by Gasteiger charge is 2.43. The number of carbonyl (C=O) groups is 3. The molecule has 12 heteroatoms. The Hall–Kier alpha value is -4.42. The van der Waals surface area contributed by atoms with E-state index in [0.717, 1.165) is 48.1 Å². The first-order valence-corrected chi connectivity index (χ1v) is 19.1. The van der Waals surface area contributed by atoms with Gasteiger partial charge in [-0.15, -0.1) is 0 Å². The minimum absolute atomic E-state index is 0.0170. The topological polar surface area (TPSA) is 107 Å². The van der Waals surface area contributed by atoms with Gasteiger partial charge in [0, 0.05) is 49.7 Å². The van der Waals surface area contributed by atoms with Crippen LogP contribution in [0.4, 0.5) is 4.39 Å². The van der Waals surface area contributed by atoms with Crippen LogP contribution in [-0.4, -0.2) is 92.8 Å². The molecule has 6 rings (SSSR count).